The van der Waals surface area contributed by atoms with Crippen LogP contribution in [0.1, 0.15) is 19.8 Å². The van der Waals surface area contributed by atoms with Crippen LogP contribution in [0.5, 0.6) is 0 Å². The molecular weight excluding hydrogens is 246 g/mol. The number of carboxylic acids is 1. The number of anilines is 1. The molecule has 19 heavy (non-hydrogen) atoms. The first-order valence-electron chi connectivity index (χ1n) is 6.18. The highest BCUT2D eigenvalue weighted by molar-refractivity contribution is 5.91. The summed E-state index contributed by atoms with van der Waals surface area (Å²) in [6.45, 7) is 2.43. The van der Waals surface area contributed by atoms with Crippen molar-refractivity contribution >= 4 is 22.8 Å². The first-order chi connectivity index (χ1) is 9.04. The van der Waals surface area contributed by atoms with Crippen molar-refractivity contribution in [2.24, 2.45) is 7.05 Å². The van der Waals surface area contributed by atoms with Gasteiger partial charge < -0.3 is 10.0 Å². The van der Waals surface area contributed by atoms with Gasteiger partial charge in [0.1, 0.15) is 17.7 Å². The number of hydrogen-bond donors (Lipinski definition) is 1. The number of nitrogens with zero attached hydrogens (tertiary/aromatic N) is 5. The van der Waals surface area contributed by atoms with Gasteiger partial charge in [-0.15, -0.1) is 0 Å². The van der Waals surface area contributed by atoms with Crippen molar-refractivity contribution < 1.29 is 9.90 Å². The Morgan fingerprint density at radius 1 is 1.47 bits per heavy atom. The number of hydrogen-bond acceptors (Lipinski definition) is 5. The van der Waals surface area contributed by atoms with Crippen LogP contribution in [-0.4, -0.2) is 42.9 Å². The third-order valence-corrected chi connectivity index (χ3v) is 3.87. The summed E-state index contributed by atoms with van der Waals surface area (Å²) in [7, 11) is 1.81. The minimum atomic E-state index is -0.906. The molecule has 0 aliphatic carbocycles. The largest absolute Gasteiger partial charge is 0.480 e. The minimum absolute atomic E-state index is 0.619. The van der Waals surface area contributed by atoms with E-state index in [0.717, 1.165) is 11.8 Å². The zero-order valence-corrected chi connectivity index (χ0v) is 10.9. The van der Waals surface area contributed by atoms with Gasteiger partial charge in [-0.05, 0) is 19.8 Å². The molecular formula is C12H15N5O2. The molecule has 1 unspecified atom stereocenters. The lowest BCUT2D eigenvalue weighted by molar-refractivity contribution is -0.142. The predicted molar refractivity (Wildman–Crippen MR) is 68.9 cm³/mol. The van der Waals surface area contributed by atoms with E-state index in [1.54, 1.807) is 24.9 Å². The smallest absolute Gasteiger partial charge is 0.329 e. The Balaban J connectivity index is 2.17. The van der Waals surface area contributed by atoms with E-state index in [1.807, 2.05) is 4.90 Å². The van der Waals surface area contributed by atoms with Crippen molar-refractivity contribution in [3.63, 3.8) is 0 Å². The second kappa shape index (κ2) is 3.91. The summed E-state index contributed by atoms with van der Waals surface area (Å²) in [4.78, 5) is 21.8. The molecule has 0 radical (unpaired) electrons. The lowest BCUT2D eigenvalue weighted by atomic mass is 9.99. The molecule has 2 aromatic heterocycles. The van der Waals surface area contributed by atoms with E-state index in [4.69, 9.17) is 0 Å². The summed E-state index contributed by atoms with van der Waals surface area (Å²) in [5.74, 6) is -0.166. The highest BCUT2D eigenvalue weighted by Crippen LogP contribution is 2.35. The molecule has 0 amide bonds. The molecule has 1 atom stereocenters. The molecule has 0 saturated carbocycles. The topological polar surface area (TPSA) is 84.1 Å². The van der Waals surface area contributed by atoms with Gasteiger partial charge in [0.25, 0.3) is 0 Å². The number of fused-ring (bicyclic) bond motifs is 1. The lowest BCUT2D eigenvalue weighted by Crippen LogP contribution is -2.48. The first-order valence-corrected chi connectivity index (χ1v) is 6.18. The standard InChI is InChI=1S/C12H15N5O2/c1-12(11(18)19)4-3-5-17(12)10-8-6-15-16(2)9(8)13-7-14-10/h6-7H,3-5H2,1-2H3,(H,18,19). The van der Waals surface area contributed by atoms with Gasteiger partial charge in [0.2, 0.25) is 0 Å². The SMILES string of the molecule is Cn1ncc2c(N3CCCC3(C)C(=O)O)ncnc21. The quantitative estimate of drug-likeness (QED) is 0.861. The third-order valence-electron chi connectivity index (χ3n) is 3.87. The Bertz CT molecular complexity index is 653. The fraction of sp³-hybridized carbons (Fsp3) is 0.500. The van der Waals surface area contributed by atoms with Crippen LogP contribution in [0, 0.1) is 0 Å². The molecule has 1 fully saturated rings. The van der Waals surface area contributed by atoms with Crippen molar-refractivity contribution in [1.82, 2.24) is 19.7 Å². The van der Waals surface area contributed by atoms with E-state index in [-0.39, 0.29) is 0 Å². The Morgan fingerprint density at radius 3 is 3.00 bits per heavy atom. The van der Waals surface area contributed by atoms with E-state index < -0.39 is 11.5 Å². The zero-order chi connectivity index (χ0) is 13.6. The van der Waals surface area contributed by atoms with Crippen LogP contribution in [-0.2, 0) is 11.8 Å². The van der Waals surface area contributed by atoms with E-state index in [9.17, 15) is 9.90 Å². The fourth-order valence-electron chi connectivity index (χ4n) is 2.69. The van der Waals surface area contributed by atoms with E-state index in [2.05, 4.69) is 15.1 Å². The summed E-state index contributed by atoms with van der Waals surface area (Å²) >= 11 is 0. The van der Waals surface area contributed by atoms with Gasteiger partial charge in [0, 0.05) is 13.6 Å². The second-order valence-electron chi connectivity index (χ2n) is 5.04. The lowest BCUT2D eigenvalue weighted by Gasteiger charge is -2.32. The number of carboxylic acid groups (broad SMARTS) is 1. The van der Waals surface area contributed by atoms with Gasteiger partial charge in [-0.1, -0.05) is 0 Å². The summed E-state index contributed by atoms with van der Waals surface area (Å²) in [5.41, 5.74) is -0.193. The summed E-state index contributed by atoms with van der Waals surface area (Å²) in [6, 6.07) is 0. The Kier molecular flexibility index (Phi) is 2.44. The number of aromatic nitrogens is 4. The van der Waals surface area contributed by atoms with Crippen LogP contribution in [0.2, 0.25) is 0 Å². The van der Waals surface area contributed by atoms with Crippen molar-refractivity contribution in [1.29, 1.82) is 0 Å². The molecule has 2 aromatic rings. The van der Waals surface area contributed by atoms with Crippen LogP contribution < -0.4 is 4.90 Å². The predicted octanol–water partition coefficient (Wildman–Crippen LogP) is 0.807. The molecule has 100 valence electrons. The van der Waals surface area contributed by atoms with Crippen molar-refractivity contribution in [3.05, 3.63) is 12.5 Å². The number of rotatable bonds is 2. The van der Waals surface area contributed by atoms with Crippen molar-refractivity contribution in [2.45, 2.75) is 25.3 Å². The fourth-order valence-corrected chi connectivity index (χ4v) is 2.69. The highest BCUT2D eigenvalue weighted by atomic mass is 16.4. The maximum absolute atomic E-state index is 11.5. The van der Waals surface area contributed by atoms with Crippen LogP contribution in [0.25, 0.3) is 11.0 Å². The maximum Gasteiger partial charge on any atom is 0.329 e. The molecule has 0 bridgehead atoms. The van der Waals surface area contributed by atoms with E-state index in [0.29, 0.717) is 24.4 Å². The average Bonchev–Trinajstić information content (AvgIpc) is 2.95. The highest BCUT2D eigenvalue weighted by Gasteiger charge is 2.44. The molecule has 7 heteroatoms. The Morgan fingerprint density at radius 2 is 2.26 bits per heavy atom. The third kappa shape index (κ3) is 1.57. The summed E-state index contributed by atoms with van der Waals surface area (Å²) in [6.07, 6.45) is 4.61. The maximum atomic E-state index is 11.5. The van der Waals surface area contributed by atoms with Crippen molar-refractivity contribution in [3.8, 4) is 0 Å². The zero-order valence-electron chi connectivity index (χ0n) is 10.9. The van der Waals surface area contributed by atoms with E-state index in [1.165, 1.54) is 6.33 Å². The summed E-state index contributed by atoms with van der Waals surface area (Å²) < 4.78 is 1.66. The first kappa shape index (κ1) is 11.9. The van der Waals surface area contributed by atoms with Gasteiger partial charge in [0.05, 0.1) is 11.6 Å². The van der Waals surface area contributed by atoms with Gasteiger partial charge >= 0.3 is 5.97 Å². The van der Waals surface area contributed by atoms with Crippen LogP contribution in [0.4, 0.5) is 5.82 Å². The number of aliphatic carboxylic acids is 1. The Labute approximate surface area is 109 Å². The Hall–Kier alpha value is -2.18. The van der Waals surface area contributed by atoms with Gasteiger partial charge in [-0.3, -0.25) is 4.68 Å². The summed E-state index contributed by atoms with van der Waals surface area (Å²) in [5, 5.41) is 14.4. The molecule has 1 aliphatic rings. The average molecular weight is 261 g/mol. The molecule has 3 heterocycles. The molecule has 0 aromatic carbocycles. The van der Waals surface area contributed by atoms with Crippen LogP contribution in [0.15, 0.2) is 12.5 Å². The minimum Gasteiger partial charge on any atom is -0.480 e. The van der Waals surface area contributed by atoms with Gasteiger partial charge in [0.15, 0.2) is 5.65 Å². The molecule has 3 rings (SSSR count). The monoisotopic (exact) mass is 261 g/mol. The molecule has 1 saturated heterocycles. The van der Waals surface area contributed by atoms with Gasteiger partial charge in [-0.2, -0.15) is 5.10 Å². The molecule has 0 spiro atoms. The van der Waals surface area contributed by atoms with Gasteiger partial charge in [-0.25, -0.2) is 14.8 Å². The van der Waals surface area contributed by atoms with E-state index >= 15 is 0 Å². The van der Waals surface area contributed by atoms with Crippen molar-refractivity contribution in [2.75, 3.05) is 11.4 Å². The number of carbonyl (C=O) groups is 1. The number of aryl methyl sites for hydroxylation is 1. The second-order valence-corrected chi connectivity index (χ2v) is 5.04. The molecule has 7 nitrogen and oxygen atoms in total. The van der Waals surface area contributed by atoms with Crippen LogP contribution >= 0.6 is 0 Å². The normalized spacial score (nSPS) is 23.2. The molecule has 1 aliphatic heterocycles. The molecule has 1 N–H and O–H groups in total. The van der Waals surface area contributed by atoms with Crippen LogP contribution in [0.3, 0.4) is 0 Å².